The summed E-state index contributed by atoms with van der Waals surface area (Å²) < 4.78 is 22.2. The van der Waals surface area contributed by atoms with Crippen molar-refractivity contribution in [2.45, 2.75) is 5.92 Å². The minimum atomic E-state index is -0.252. The molecule has 0 saturated carbocycles. The Bertz CT molecular complexity index is 1640. The van der Waals surface area contributed by atoms with Crippen LogP contribution in [0.4, 0.5) is 4.39 Å². The van der Waals surface area contributed by atoms with E-state index < -0.39 is 0 Å². The van der Waals surface area contributed by atoms with Crippen molar-refractivity contribution >= 4 is 21.9 Å². The lowest BCUT2D eigenvalue weighted by molar-refractivity contribution is 0.596. The van der Waals surface area contributed by atoms with E-state index in [2.05, 4.69) is 29.2 Å². The van der Waals surface area contributed by atoms with Crippen LogP contribution in [0.1, 0.15) is 22.6 Å². The molecule has 0 spiro atoms. The summed E-state index contributed by atoms with van der Waals surface area (Å²) in [7, 11) is 0. The number of pyridine rings is 1. The van der Waals surface area contributed by atoms with Gasteiger partial charge >= 0.3 is 0 Å². The Labute approximate surface area is 190 Å². The van der Waals surface area contributed by atoms with Crippen LogP contribution in [0.15, 0.2) is 108 Å². The number of rotatable bonds is 2. The van der Waals surface area contributed by atoms with Gasteiger partial charge in [0.25, 0.3) is 0 Å². The van der Waals surface area contributed by atoms with Crippen LogP contribution in [0, 0.1) is 5.82 Å². The van der Waals surface area contributed by atoms with Crippen LogP contribution in [0.5, 0.6) is 0 Å². The third kappa shape index (κ3) is 2.56. The van der Waals surface area contributed by atoms with Crippen molar-refractivity contribution in [1.82, 2.24) is 4.98 Å². The summed E-state index contributed by atoms with van der Waals surface area (Å²) in [6.07, 6.45) is 1.77. The lowest BCUT2D eigenvalue weighted by Crippen LogP contribution is -2.02. The van der Waals surface area contributed by atoms with Gasteiger partial charge in [0.2, 0.25) is 0 Å². The fourth-order valence-corrected chi connectivity index (χ4v) is 5.32. The van der Waals surface area contributed by atoms with Gasteiger partial charge in [-0.3, -0.25) is 4.98 Å². The summed E-state index contributed by atoms with van der Waals surface area (Å²) in [5, 5.41) is 1.88. The summed E-state index contributed by atoms with van der Waals surface area (Å²) >= 11 is 0. The topological polar surface area (TPSA) is 26.0 Å². The van der Waals surface area contributed by atoms with Gasteiger partial charge in [0.1, 0.15) is 17.0 Å². The highest BCUT2D eigenvalue weighted by atomic mass is 19.1. The smallest absolute Gasteiger partial charge is 0.144 e. The highest BCUT2D eigenvalue weighted by molar-refractivity contribution is 6.10. The van der Waals surface area contributed by atoms with Gasteiger partial charge in [-0.05, 0) is 52.6 Å². The molecule has 2 nitrogen and oxygen atoms in total. The molecule has 33 heavy (non-hydrogen) atoms. The van der Waals surface area contributed by atoms with Crippen molar-refractivity contribution in [3.63, 3.8) is 0 Å². The maximum Gasteiger partial charge on any atom is 0.144 e. The van der Waals surface area contributed by atoms with Gasteiger partial charge < -0.3 is 4.42 Å². The van der Waals surface area contributed by atoms with E-state index in [4.69, 9.17) is 4.42 Å². The van der Waals surface area contributed by atoms with Crippen molar-refractivity contribution in [2.24, 2.45) is 0 Å². The molecule has 2 aromatic heterocycles. The van der Waals surface area contributed by atoms with Crippen LogP contribution >= 0.6 is 0 Å². The van der Waals surface area contributed by atoms with E-state index in [1.807, 2.05) is 66.7 Å². The third-order valence-electron chi connectivity index (χ3n) is 6.72. The second-order valence-electron chi connectivity index (χ2n) is 8.44. The first-order valence-corrected chi connectivity index (χ1v) is 11.0. The Balaban J connectivity index is 1.57. The van der Waals surface area contributed by atoms with Gasteiger partial charge in [-0.15, -0.1) is 0 Å². The number of fused-ring (bicyclic) bond motifs is 6. The fourth-order valence-electron chi connectivity index (χ4n) is 5.32. The minimum absolute atomic E-state index is 0.222. The van der Waals surface area contributed by atoms with Gasteiger partial charge in [-0.25, -0.2) is 4.39 Å². The first-order valence-electron chi connectivity index (χ1n) is 11.0. The molecule has 2 heterocycles. The van der Waals surface area contributed by atoms with Gasteiger partial charge in [0, 0.05) is 34.0 Å². The van der Waals surface area contributed by atoms with E-state index in [9.17, 15) is 0 Å². The lowest BCUT2D eigenvalue weighted by Gasteiger charge is -2.15. The van der Waals surface area contributed by atoms with Gasteiger partial charge in [-0.2, -0.15) is 0 Å². The van der Waals surface area contributed by atoms with E-state index in [0.717, 1.165) is 49.9 Å². The van der Waals surface area contributed by atoms with Gasteiger partial charge in [0.15, 0.2) is 0 Å². The first kappa shape index (κ1) is 18.3. The van der Waals surface area contributed by atoms with Gasteiger partial charge in [0.05, 0.1) is 5.69 Å². The summed E-state index contributed by atoms with van der Waals surface area (Å²) in [6, 6.07) is 31.8. The Hall–Kier alpha value is -4.24. The van der Waals surface area contributed by atoms with Crippen LogP contribution in [0.3, 0.4) is 0 Å². The van der Waals surface area contributed by atoms with E-state index in [0.29, 0.717) is 11.1 Å². The molecule has 3 heteroatoms. The van der Waals surface area contributed by atoms with Crippen molar-refractivity contribution in [3.8, 4) is 22.4 Å². The van der Waals surface area contributed by atoms with Crippen LogP contribution < -0.4 is 0 Å². The largest absolute Gasteiger partial charge is 0.455 e. The molecule has 0 radical (unpaired) electrons. The number of halogens is 1. The normalized spacial score (nSPS) is 12.9. The van der Waals surface area contributed by atoms with Crippen LogP contribution in [-0.4, -0.2) is 4.98 Å². The molecule has 0 N–H and O–H groups in total. The monoisotopic (exact) mass is 427 g/mol. The highest BCUT2D eigenvalue weighted by Gasteiger charge is 2.34. The number of furan rings is 1. The zero-order valence-electron chi connectivity index (χ0n) is 17.6. The minimum Gasteiger partial charge on any atom is -0.455 e. The van der Waals surface area contributed by atoms with Crippen LogP contribution in [0.25, 0.3) is 44.3 Å². The highest BCUT2D eigenvalue weighted by Crippen LogP contribution is 2.51. The van der Waals surface area contributed by atoms with Crippen LogP contribution in [0.2, 0.25) is 0 Å². The molecule has 0 fully saturated rings. The molecule has 0 aliphatic heterocycles. The molecule has 0 atom stereocenters. The Morgan fingerprint density at radius 3 is 2.00 bits per heavy atom. The third-order valence-corrected chi connectivity index (χ3v) is 6.72. The van der Waals surface area contributed by atoms with Gasteiger partial charge in [-0.1, -0.05) is 66.7 Å². The standard InChI is InChI=1S/C30H18FNO/c31-25-16-15-23-22-12-7-13-24(26-14-5-6-17-32-26)29(22)33-30(23)28(25)27-20-10-3-1-8-18(20)19-9-2-4-11-21(19)27/h1-17,27H. The molecule has 4 aromatic carbocycles. The molecule has 0 unspecified atom stereocenters. The molecular formula is C30H18FNO. The number of hydrogen-bond acceptors (Lipinski definition) is 2. The quantitative estimate of drug-likeness (QED) is 0.280. The van der Waals surface area contributed by atoms with E-state index >= 15 is 4.39 Å². The second-order valence-corrected chi connectivity index (χ2v) is 8.44. The van der Waals surface area contributed by atoms with Crippen molar-refractivity contribution < 1.29 is 8.81 Å². The molecule has 0 amide bonds. The fraction of sp³-hybridized carbons (Fsp3) is 0.0333. The Kier molecular flexibility index (Phi) is 3.82. The lowest BCUT2D eigenvalue weighted by atomic mass is 9.88. The molecule has 0 bridgehead atoms. The molecule has 7 rings (SSSR count). The molecule has 6 aromatic rings. The molecule has 0 saturated heterocycles. The maximum absolute atomic E-state index is 15.6. The Morgan fingerprint density at radius 1 is 0.606 bits per heavy atom. The summed E-state index contributed by atoms with van der Waals surface area (Å²) in [5.74, 6) is -0.475. The van der Waals surface area contributed by atoms with E-state index in [1.54, 1.807) is 12.3 Å². The summed E-state index contributed by atoms with van der Waals surface area (Å²) in [6.45, 7) is 0. The molecule has 156 valence electrons. The number of hydrogen-bond donors (Lipinski definition) is 0. The average Bonchev–Trinajstić information content (AvgIpc) is 3.41. The molecular weight excluding hydrogens is 409 g/mol. The van der Waals surface area contributed by atoms with Crippen molar-refractivity contribution in [2.75, 3.05) is 0 Å². The predicted molar refractivity (Wildman–Crippen MR) is 130 cm³/mol. The van der Waals surface area contributed by atoms with Crippen molar-refractivity contribution in [1.29, 1.82) is 0 Å². The number of benzene rings is 4. The average molecular weight is 427 g/mol. The zero-order chi connectivity index (χ0) is 21.9. The maximum atomic E-state index is 15.6. The molecule has 1 aliphatic carbocycles. The predicted octanol–water partition coefficient (Wildman–Crippen LogP) is 7.95. The number of nitrogens with zero attached hydrogens (tertiary/aromatic N) is 1. The number of para-hydroxylation sites is 1. The molecule has 1 aliphatic rings. The SMILES string of the molecule is Fc1ccc2c(oc3c(-c4ccccn4)cccc32)c1C1c2ccccc2-c2ccccc21. The summed E-state index contributed by atoms with van der Waals surface area (Å²) in [5.41, 5.74) is 8.18. The zero-order valence-corrected chi connectivity index (χ0v) is 17.6. The summed E-state index contributed by atoms with van der Waals surface area (Å²) in [4.78, 5) is 4.51. The Morgan fingerprint density at radius 2 is 1.27 bits per heavy atom. The first-order chi connectivity index (χ1) is 16.3. The van der Waals surface area contributed by atoms with Crippen LogP contribution in [-0.2, 0) is 0 Å². The van der Waals surface area contributed by atoms with E-state index in [-0.39, 0.29) is 11.7 Å². The van der Waals surface area contributed by atoms with Crippen molar-refractivity contribution in [3.05, 3.63) is 126 Å². The second kappa shape index (κ2) is 6.88. The van der Waals surface area contributed by atoms with E-state index in [1.165, 1.54) is 0 Å². The number of aromatic nitrogens is 1.